The van der Waals surface area contributed by atoms with Crippen LogP contribution in [-0.4, -0.2) is 69.7 Å². The van der Waals surface area contributed by atoms with Gasteiger partial charge in [0.15, 0.2) is 5.82 Å². The highest BCUT2D eigenvalue weighted by atomic mass is 32.2. The van der Waals surface area contributed by atoms with E-state index < -0.39 is 10.0 Å². The quantitative estimate of drug-likeness (QED) is 0.627. The van der Waals surface area contributed by atoms with Crippen LogP contribution in [0, 0.1) is 0 Å². The van der Waals surface area contributed by atoms with E-state index in [2.05, 4.69) is 25.0 Å². The lowest BCUT2D eigenvalue weighted by Gasteiger charge is -2.27. The van der Waals surface area contributed by atoms with E-state index in [0.29, 0.717) is 49.7 Å². The molecule has 1 aliphatic heterocycles. The van der Waals surface area contributed by atoms with E-state index in [1.807, 2.05) is 19.0 Å². The highest BCUT2D eigenvalue weighted by Gasteiger charge is 2.19. The number of amides is 1. The molecule has 1 aliphatic rings. The molecule has 2 N–H and O–H groups in total. The van der Waals surface area contributed by atoms with Crippen LogP contribution in [0.25, 0.3) is 0 Å². The summed E-state index contributed by atoms with van der Waals surface area (Å²) in [6, 6.07) is 5.90. The molecule has 1 aromatic carbocycles. The van der Waals surface area contributed by atoms with Crippen LogP contribution in [0.2, 0.25) is 0 Å². The molecule has 162 valence electrons. The number of hydrogen-bond acceptors (Lipinski definition) is 9. The minimum Gasteiger partial charge on any atom is -0.378 e. The first-order valence-electron chi connectivity index (χ1n) is 9.37. The monoisotopic (exact) mass is 435 g/mol. The third kappa shape index (κ3) is 5.62. The first-order chi connectivity index (χ1) is 14.2. The summed E-state index contributed by atoms with van der Waals surface area (Å²) in [5, 5.41) is 2.60. The van der Waals surface area contributed by atoms with E-state index in [0.717, 1.165) is 0 Å². The SMILES string of the molecule is CC(=O)Nc1ccc(S(=O)(=O)NCc2nc(N(C)C)nc(N3CCOCC3)n2)cc1. The van der Waals surface area contributed by atoms with Crippen LogP contribution in [0.15, 0.2) is 29.2 Å². The Hall–Kier alpha value is -2.83. The molecule has 0 unspecified atom stereocenters. The van der Waals surface area contributed by atoms with Crippen molar-refractivity contribution in [3.63, 3.8) is 0 Å². The van der Waals surface area contributed by atoms with Gasteiger partial charge in [-0.05, 0) is 24.3 Å². The summed E-state index contributed by atoms with van der Waals surface area (Å²) in [5.74, 6) is 1.02. The fourth-order valence-corrected chi connectivity index (χ4v) is 3.72. The van der Waals surface area contributed by atoms with Crippen molar-refractivity contribution in [2.75, 3.05) is 55.5 Å². The topological polar surface area (TPSA) is 130 Å². The van der Waals surface area contributed by atoms with Gasteiger partial charge in [0, 0.05) is 39.8 Å². The summed E-state index contributed by atoms with van der Waals surface area (Å²) in [4.78, 5) is 28.1. The van der Waals surface area contributed by atoms with Gasteiger partial charge in [-0.3, -0.25) is 4.79 Å². The maximum Gasteiger partial charge on any atom is 0.240 e. The van der Waals surface area contributed by atoms with E-state index in [-0.39, 0.29) is 17.3 Å². The van der Waals surface area contributed by atoms with Gasteiger partial charge in [-0.2, -0.15) is 15.0 Å². The summed E-state index contributed by atoms with van der Waals surface area (Å²) >= 11 is 0. The maximum atomic E-state index is 12.6. The van der Waals surface area contributed by atoms with E-state index in [4.69, 9.17) is 4.74 Å². The summed E-state index contributed by atoms with van der Waals surface area (Å²) in [7, 11) is -0.168. The number of nitrogens with zero attached hydrogens (tertiary/aromatic N) is 5. The van der Waals surface area contributed by atoms with Crippen molar-refractivity contribution in [2.24, 2.45) is 0 Å². The smallest absolute Gasteiger partial charge is 0.240 e. The number of carbonyl (C=O) groups is 1. The standard InChI is InChI=1S/C18H25N7O4S/c1-13(26)20-14-4-6-15(7-5-14)30(27,28)19-12-16-21-17(24(2)3)23-18(22-16)25-8-10-29-11-9-25/h4-7,19H,8-12H2,1-3H3,(H,20,26). The van der Waals surface area contributed by atoms with Crippen LogP contribution in [0.3, 0.4) is 0 Å². The molecule has 3 rings (SSSR count). The molecule has 1 aromatic heterocycles. The predicted molar refractivity (Wildman–Crippen MR) is 112 cm³/mol. The van der Waals surface area contributed by atoms with Gasteiger partial charge < -0.3 is 19.9 Å². The number of morpholine rings is 1. The molecular formula is C18H25N7O4S. The second kappa shape index (κ2) is 9.32. The van der Waals surface area contributed by atoms with E-state index in [1.165, 1.54) is 31.2 Å². The molecule has 0 atom stereocenters. The Bertz CT molecular complexity index is 990. The fourth-order valence-electron chi connectivity index (χ4n) is 2.74. The lowest BCUT2D eigenvalue weighted by Crippen LogP contribution is -2.38. The van der Waals surface area contributed by atoms with Gasteiger partial charge in [-0.1, -0.05) is 0 Å². The molecule has 0 spiro atoms. The van der Waals surface area contributed by atoms with Crippen molar-refractivity contribution in [1.29, 1.82) is 0 Å². The summed E-state index contributed by atoms with van der Waals surface area (Å²) < 4.78 is 33.2. The average Bonchev–Trinajstić information content (AvgIpc) is 2.73. The molecular weight excluding hydrogens is 410 g/mol. The van der Waals surface area contributed by atoms with Gasteiger partial charge in [0.05, 0.1) is 24.7 Å². The van der Waals surface area contributed by atoms with Crippen LogP contribution < -0.4 is 19.8 Å². The fraction of sp³-hybridized carbons (Fsp3) is 0.444. The van der Waals surface area contributed by atoms with Crippen LogP contribution in [0.4, 0.5) is 17.6 Å². The number of aromatic nitrogens is 3. The molecule has 11 nitrogen and oxygen atoms in total. The molecule has 2 heterocycles. The van der Waals surface area contributed by atoms with Crippen molar-refractivity contribution in [2.45, 2.75) is 18.4 Å². The zero-order valence-corrected chi connectivity index (χ0v) is 17.9. The molecule has 1 fully saturated rings. The average molecular weight is 436 g/mol. The summed E-state index contributed by atoms with van der Waals surface area (Å²) in [6.07, 6.45) is 0. The summed E-state index contributed by atoms with van der Waals surface area (Å²) in [6.45, 7) is 3.77. The van der Waals surface area contributed by atoms with E-state index in [9.17, 15) is 13.2 Å². The number of ether oxygens (including phenoxy) is 1. The van der Waals surface area contributed by atoms with Crippen molar-refractivity contribution in [3.8, 4) is 0 Å². The van der Waals surface area contributed by atoms with Gasteiger partial charge in [0.2, 0.25) is 27.8 Å². The highest BCUT2D eigenvalue weighted by molar-refractivity contribution is 7.89. The second-order valence-corrected chi connectivity index (χ2v) is 8.64. The first kappa shape index (κ1) is 21.9. The number of carbonyl (C=O) groups excluding carboxylic acids is 1. The number of nitrogens with one attached hydrogen (secondary N) is 2. The lowest BCUT2D eigenvalue weighted by molar-refractivity contribution is -0.114. The Kier molecular flexibility index (Phi) is 6.80. The molecule has 2 aromatic rings. The summed E-state index contributed by atoms with van der Waals surface area (Å²) in [5.41, 5.74) is 0.518. The van der Waals surface area contributed by atoms with Gasteiger partial charge in [-0.15, -0.1) is 0 Å². The number of benzene rings is 1. The normalized spacial score (nSPS) is 14.4. The minimum atomic E-state index is -3.78. The van der Waals surface area contributed by atoms with Gasteiger partial charge in [0.1, 0.15) is 0 Å². The van der Waals surface area contributed by atoms with Gasteiger partial charge in [-0.25, -0.2) is 13.1 Å². The minimum absolute atomic E-state index is 0.0758. The predicted octanol–water partition coefficient (Wildman–Crippen LogP) is 0.211. The zero-order valence-electron chi connectivity index (χ0n) is 17.1. The third-order valence-electron chi connectivity index (χ3n) is 4.26. The van der Waals surface area contributed by atoms with E-state index >= 15 is 0 Å². The van der Waals surface area contributed by atoms with Crippen LogP contribution in [0.5, 0.6) is 0 Å². The van der Waals surface area contributed by atoms with Crippen LogP contribution in [0.1, 0.15) is 12.7 Å². The number of rotatable bonds is 7. The maximum absolute atomic E-state index is 12.6. The number of anilines is 3. The Morgan fingerprint density at radius 1 is 1.13 bits per heavy atom. The molecule has 12 heteroatoms. The molecule has 0 bridgehead atoms. The Morgan fingerprint density at radius 3 is 2.40 bits per heavy atom. The molecule has 0 aliphatic carbocycles. The van der Waals surface area contributed by atoms with E-state index in [1.54, 1.807) is 4.90 Å². The molecule has 0 saturated carbocycles. The van der Waals surface area contributed by atoms with Crippen LogP contribution >= 0.6 is 0 Å². The van der Waals surface area contributed by atoms with Crippen molar-refractivity contribution < 1.29 is 17.9 Å². The van der Waals surface area contributed by atoms with Gasteiger partial charge in [0.25, 0.3) is 0 Å². The van der Waals surface area contributed by atoms with Crippen molar-refractivity contribution in [1.82, 2.24) is 19.7 Å². The largest absolute Gasteiger partial charge is 0.378 e. The Morgan fingerprint density at radius 2 is 1.80 bits per heavy atom. The third-order valence-corrected chi connectivity index (χ3v) is 5.67. The Balaban J connectivity index is 1.76. The van der Waals surface area contributed by atoms with Gasteiger partial charge >= 0.3 is 0 Å². The zero-order chi connectivity index (χ0) is 21.7. The van der Waals surface area contributed by atoms with Crippen molar-refractivity contribution in [3.05, 3.63) is 30.1 Å². The number of hydrogen-bond donors (Lipinski definition) is 2. The molecule has 1 amide bonds. The van der Waals surface area contributed by atoms with Crippen LogP contribution in [-0.2, 0) is 26.1 Å². The van der Waals surface area contributed by atoms with Crippen molar-refractivity contribution >= 4 is 33.5 Å². The Labute approximate surface area is 175 Å². The second-order valence-electron chi connectivity index (χ2n) is 6.88. The number of sulfonamides is 1. The molecule has 1 saturated heterocycles. The molecule has 0 radical (unpaired) electrons. The molecule has 30 heavy (non-hydrogen) atoms. The highest BCUT2D eigenvalue weighted by Crippen LogP contribution is 2.16. The lowest BCUT2D eigenvalue weighted by atomic mass is 10.3. The first-order valence-corrected chi connectivity index (χ1v) is 10.9.